The number of hydrogen-bond donors (Lipinski definition) is 3. The molecule has 0 aliphatic heterocycles. The lowest BCUT2D eigenvalue weighted by atomic mass is 10.1. The van der Waals surface area contributed by atoms with Crippen molar-refractivity contribution in [2.24, 2.45) is 11.5 Å². The zero-order chi connectivity index (χ0) is 20.4. The summed E-state index contributed by atoms with van der Waals surface area (Å²) < 4.78 is 1.29. The van der Waals surface area contributed by atoms with Gasteiger partial charge in [-0.15, -0.1) is 23.1 Å². The number of hydrogen-bond acceptors (Lipinski definition) is 5. The van der Waals surface area contributed by atoms with E-state index >= 15 is 0 Å². The number of carbonyl (C=O) groups excluding carboxylic acids is 1. The molecule has 0 saturated carbocycles. The number of urea groups is 1. The highest BCUT2D eigenvalue weighted by Crippen LogP contribution is 2.37. The first-order chi connectivity index (χ1) is 13.5. The van der Waals surface area contributed by atoms with Gasteiger partial charge in [0.1, 0.15) is 0 Å². The van der Waals surface area contributed by atoms with Crippen LogP contribution in [0.5, 0.6) is 0 Å². The molecular weight excluding hydrogens is 406 g/mol. The van der Waals surface area contributed by atoms with E-state index in [0.717, 1.165) is 0 Å². The fourth-order valence-corrected chi connectivity index (χ4v) is 5.05. The van der Waals surface area contributed by atoms with E-state index in [-0.39, 0.29) is 0 Å². The molecule has 0 fully saturated rings. The minimum atomic E-state index is -0.461. The van der Waals surface area contributed by atoms with Crippen LogP contribution in [0.2, 0.25) is 0 Å². The van der Waals surface area contributed by atoms with Crippen LogP contribution >= 0.6 is 34.9 Å². The van der Waals surface area contributed by atoms with E-state index in [1.165, 1.54) is 30.0 Å². The molecule has 0 aliphatic rings. The van der Waals surface area contributed by atoms with Crippen LogP contribution in [0.25, 0.3) is 11.1 Å². The maximum Gasteiger partial charge on any atom is 0.312 e. The number of thiophene rings is 1. The van der Waals surface area contributed by atoms with Gasteiger partial charge >= 0.3 is 6.03 Å². The van der Waals surface area contributed by atoms with Crippen molar-refractivity contribution in [1.82, 2.24) is 5.32 Å². The van der Waals surface area contributed by atoms with Gasteiger partial charge in [-0.3, -0.25) is 0 Å². The molecule has 7 heteroatoms. The summed E-state index contributed by atoms with van der Waals surface area (Å²) in [5.74, 6) is 0. The van der Waals surface area contributed by atoms with Crippen molar-refractivity contribution in [3.63, 3.8) is 0 Å². The molecule has 0 aliphatic carbocycles. The Morgan fingerprint density at radius 1 is 1.04 bits per heavy atom. The number of benzene rings is 2. The predicted molar refractivity (Wildman–Crippen MR) is 123 cm³/mol. The first kappa shape index (κ1) is 22.4. The van der Waals surface area contributed by atoms with Gasteiger partial charge in [0.25, 0.3) is 0 Å². The minimum absolute atomic E-state index is 0.461. The van der Waals surface area contributed by atoms with Crippen LogP contribution in [0.3, 0.4) is 0 Å². The van der Waals surface area contributed by atoms with Crippen molar-refractivity contribution >= 4 is 40.9 Å². The second-order valence-electron chi connectivity index (χ2n) is 5.68. The summed E-state index contributed by atoms with van der Waals surface area (Å²) in [5, 5.41) is 2.35. The third-order valence-corrected chi connectivity index (χ3v) is 6.55. The van der Waals surface area contributed by atoms with Crippen molar-refractivity contribution in [3.8, 4) is 11.1 Å². The lowest BCUT2D eigenvalue weighted by Gasteiger charge is -2.08. The Kier molecular flexibility index (Phi) is 9.43. The molecule has 4 nitrogen and oxygen atoms in total. The quantitative estimate of drug-likeness (QED) is 0.455. The van der Waals surface area contributed by atoms with E-state index in [9.17, 15) is 4.79 Å². The molecule has 148 valence electrons. The molecule has 0 radical (unpaired) electrons. The van der Waals surface area contributed by atoms with Gasteiger partial charge in [-0.2, -0.15) is 0 Å². The number of nitrogens with two attached hydrogens (primary N) is 2. The van der Waals surface area contributed by atoms with Gasteiger partial charge in [-0.25, -0.2) is 4.79 Å². The topological polar surface area (TPSA) is 81.1 Å². The van der Waals surface area contributed by atoms with Crippen LogP contribution in [-0.2, 0) is 6.54 Å². The van der Waals surface area contributed by atoms with E-state index in [2.05, 4.69) is 78.0 Å². The summed E-state index contributed by atoms with van der Waals surface area (Å²) in [6.07, 6.45) is 2.12. The van der Waals surface area contributed by atoms with Gasteiger partial charge in [0.15, 0.2) is 0 Å². The van der Waals surface area contributed by atoms with E-state index in [0.29, 0.717) is 13.1 Å². The fraction of sp³-hybridized carbons (Fsp3) is 0.190. The zero-order valence-corrected chi connectivity index (χ0v) is 18.4. The van der Waals surface area contributed by atoms with Crippen LogP contribution in [0.1, 0.15) is 11.8 Å². The van der Waals surface area contributed by atoms with Crippen LogP contribution in [0.15, 0.2) is 74.7 Å². The standard InChI is InChI=1S/C18H17NS3.C3H8N2O/c1-20-16-9-14(13-5-3-2-4-6-13)10-17(11-16)22-18-8-7-15(12-19)21-18;1-2-5-3(4)6/h2-11H,12,19H2,1H3;2H2,1H3,(H3,4,5,6). The van der Waals surface area contributed by atoms with E-state index in [1.54, 1.807) is 23.1 Å². The third kappa shape index (κ3) is 7.24. The Labute approximate surface area is 179 Å². The Bertz CT molecular complexity index is 882. The lowest BCUT2D eigenvalue weighted by molar-refractivity contribution is 0.249. The smallest absolute Gasteiger partial charge is 0.312 e. The van der Waals surface area contributed by atoms with Gasteiger partial charge in [-0.05, 0) is 54.6 Å². The van der Waals surface area contributed by atoms with Gasteiger partial charge in [0.05, 0.1) is 4.21 Å². The number of carbonyl (C=O) groups is 1. The fourth-order valence-electron chi connectivity index (χ4n) is 2.36. The number of thioether (sulfide) groups is 1. The molecular formula is C21H25N3OS3. The number of rotatable bonds is 6. The molecule has 28 heavy (non-hydrogen) atoms. The molecule has 3 rings (SSSR count). The molecule has 0 saturated heterocycles. The SMILES string of the molecule is CCNC(N)=O.CSc1cc(Sc2ccc(CN)s2)cc(-c2ccccc2)c1. The average molecular weight is 432 g/mol. The first-order valence-corrected chi connectivity index (χ1v) is 11.7. The minimum Gasteiger partial charge on any atom is -0.352 e. The molecule has 5 N–H and O–H groups in total. The number of amides is 2. The Morgan fingerprint density at radius 3 is 2.29 bits per heavy atom. The highest BCUT2D eigenvalue weighted by Gasteiger charge is 2.06. The molecule has 1 heterocycles. The normalized spacial score (nSPS) is 10.1. The molecule has 0 bridgehead atoms. The third-order valence-electron chi connectivity index (χ3n) is 3.63. The molecule has 1 aromatic heterocycles. The van der Waals surface area contributed by atoms with E-state index in [1.807, 2.05) is 18.7 Å². The van der Waals surface area contributed by atoms with Crippen LogP contribution in [0.4, 0.5) is 4.79 Å². The van der Waals surface area contributed by atoms with Crippen LogP contribution in [0, 0.1) is 0 Å². The predicted octanol–water partition coefficient (Wildman–Crippen LogP) is 5.42. The maximum atomic E-state index is 9.71. The molecule has 2 amide bonds. The summed E-state index contributed by atoms with van der Waals surface area (Å²) in [4.78, 5) is 13.5. The molecule has 0 unspecified atom stereocenters. The summed E-state index contributed by atoms with van der Waals surface area (Å²) >= 11 is 5.37. The van der Waals surface area contributed by atoms with Crippen molar-refractivity contribution < 1.29 is 4.79 Å². The van der Waals surface area contributed by atoms with Crippen molar-refractivity contribution in [1.29, 1.82) is 0 Å². The molecule has 3 aromatic rings. The average Bonchev–Trinajstić information content (AvgIpc) is 3.16. The highest BCUT2D eigenvalue weighted by atomic mass is 32.2. The van der Waals surface area contributed by atoms with Gasteiger partial charge in [0, 0.05) is 27.8 Å². The summed E-state index contributed by atoms with van der Waals surface area (Å²) in [7, 11) is 0. The zero-order valence-electron chi connectivity index (χ0n) is 16.0. The monoisotopic (exact) mass is 431 g/mol. The molecule has 2 aromatic carbocycles. The summed E-state index contributed by atoms with van der Waals surface area (Å²) in [5.41, 5.74) is 12.9. The van der Waals surface area contributed by atoms with E-state index in [4.69, 9.17) is 5.73 Å². The van der Waals surface area contributed by atoms with Crippen LogP contribution in [-0.4, -0.2) is 18.8 Å². The maximum absolute atomic E-state index is 9.71. The summed E-state index contributed by atoms with van der Waals surface area (Å²) in [6, 6.07) is 21.1. The summed E-state index contributed by atoms with van der Waals surface area (Å²) in [6.45, 7) is 3.03. The number of primary amides is 1. The van der Waals surface area contributed by atoms with Gasteiger partial charge in [0.2, 0.25) is 0 Å². The second kappa shape index (κ2) is 11.8. The lowest BCUT2D eigenvalue weighted by Crippen LogP contribution is -2.28. The van der Waals surface area contributed by atoms with Gasteiger partial charge < -0.3 is 16.8 Å². The Morgan fingerprint density at radius 2 is 1.75 bits per heavy atom. The first-order valence-electron chi connectivity index (χ1n) is 8.80. The van der Waals surface area contributed by atoms with Gasteiger partial charge in [-0.1, -0.05) is 42.1 Å². The largest absolute Gasteiger partial charge is 0.352 e. The Hall–Kier alpha value is -1.93. The van der Waals surface area contributed by atoms with Crippen molar-refractivity contribution in [3.05, 3.63) is 65.5 Å². The molecule has 0 atom stereocenters. The molecule has 0 spiro atoms. The van der Waals surface area contributed by atoms with Crippen molar-refractivity contribution in [2.45, 2.75) is 27.5 Å². The van der Waals surface area contributed by atoms with Crippen molar-refractivity contribution in [2.75, 3.05) is 12.8 Å². The van der Waals surface area contributed by atoms with E-state index < -0.39 is 6.03 Å². The number of nitrogens with one attached hydrogen (secondary N) is 1. The van der Waals surface area contributed by atoms with Crippen LogP contribution < -0.4 is 16.8 Å². The Balaban J connectivity index is 0.000000409. The second-order valence-corrected chi connectivity index (χ2v) is 9.11. The highest BCUT2D eigenvalue weighted by molar-refractivity contribution is 8.01.